The summed E-state index contributed by atoms with van der Waals surface area (Å²) in [4.78, 5) is 7.35. The number of aromatic nitrogens is 2. The van der Waals surface area contributed by atoms with E-state index in [1.165, 1.54) is 0 Å². The van der Waals surface area contributed by atoms with Crippen LogP contribution >= 0.6 is 11.8 Å². The summed E-state index contributed by atoms with van der Waals surface area (Å²) in [5.41, 5.74) is 7.44. The molecule has 1 saturated heterocycles. The number of hydrogen-bond donors (Lipinski definition) is 1. The normalized spacial score (nSPS) is 15.1. The van der Waals surface area contributed by atoms with Crippen LogP contribution in [0.25, 0.3) is 10.9 Å². The number of anilines is 1. The Bertz CT molecular complexity index is 797. The van der Waals surface area contributed by atoms with E-state index in [0.717, 1.165) is 79.9 Å². The van der Waals surface area contributed by atoms with Crippen LogP contribution in [0.1, 0.15) is 19.8 Å². The summed E-state index contributed by atoms with van der Waals surface area (Å²) >= 11 is 1.75. The van der Waals surface area contributed by atoms with E-state index in [0.29, 0.717) is 11.5 Å². The van der Waals surface area contributed by atoms with E-state index >= 15 is 0 Å². The lowest BCUT2D eigenvalue weighted by Gasteiger charge is -2.26. The van der Waals surface area contributed by atoms with Gasteiger partial charge in [-0.05, 0) is 12.8 Å². The second-order valence-electron chi connectivity index (χ2n) is 6.81. The van der Waals surface area contributed by atoms with Crippen LogP contribution in [0, 0.1) is 0 Å². The van der Waals surface area contributed by atoms with Crippen LogP contribution in [-0.2, 0) is 11.3 Å². The quantitative estimate of drug-likeness (QED) is 0.388. The second kappa shape index (κ2) is 10.1. The van der Waals surface area contributed by atoms with Crippen LogP contribution in [-0.4, -0.2) is 62.7 Å². The second-order valence-corrected chi connectivity index (χ2v) is 7.87. The molecule has 2 heterocycles. The number of nitrogens with two attached hydrogens (primary N) is 1. The van der Waals surface area contributed by atoms with Gasteiger partial charge in [-0.25, -0.2) is 4.57 Å². The third-order valence-corrected chi connectivity index (χ3v) is 6.09. The molecule has 0 spiro atoms. The Morgan fingerprint density at radius 2 is 1.93 bits per heavy atom. The van der Waals surface area contributed by atoms with Gasteiger partial charge in [-0.1, -0.05) is 23.7 Å². The number of nitrogens with zero attached hydrogens (tertiary/aromatic N) is 3. The Morgan fingerprint density at radius 3 is 2.61 bits per heavy atom. The predicted octanol–water partition coefficient (Wildman–Crippen LogP) is 2.35. The molecule has 0 bridgehead atoms. The topological polar surface area (TPSA) is 73.7 Å². The molecule has 2 N–H and O–H groups in total. The maximum Gasteiger partial charge on any atom is 0.299 e. The zero-order valence-electron chi connectivity index (χ0n) is 17.1. The highest BCUT2D eigenvalue weighted by atomic mass is 32.2. The lowest BCUT2D eigenvalue weighted by Crippen LogP contribution is -2.43. The standard InChI is InChI=1S/C20H30N4O3S/c1-4-12-28-20-22-16-14-18(26-3)17(25-2)13-15(16)19(21)24(20)7-5-6-23-8-10-27-11-9-23/h13-14,21H,4-12H2,1-3H3/p+1. The van der Waals surface area contributed by atoms with E-state index < -0.39 is 0 Å². The van der Waals surface area contributed by atoms with Gasteiger partial charge in [-0.3, -0.25) is 4.90 Å². The zero-order chi connectivity index (χ0) is 19.9. The molecule has 1 aromatic carbocycles. The Kier molecular flexibility index (Phi) is 7.58. The van der Waals surface area contributed by atoms with Crippen LogP contribution < -0.4 is 19.8 Å². The van der Waals surface area contributed by atoms with E-state index in [2.05, 4.69) is 16.4 Å². The smallest absolute Gasteiger partial charge is 0.299 e. The van der Waals surface area contributed by atoms with Gasteiger partial charge >= 0.3 is 0 Å². The summed E-state index contributed by atoms with van der Waals surface area (Å²) in [6, 6.07) is 3.82. The summed E-state index contributed by atoms with van der Waals surface area (Å²) in [5, 5.41) is 1.85. The molecular weight excluding hydrogens is 376 g/mol. The lowest BCUT2D eigenvalue weighted by molar-refractivity contribution is -0.722. The number of benzene rings is 1. The fourth-order valence-corrected chi connectivity index (χ4v) is 4.27. The number of thioether (sulfide) groups is 1. The molecule has 154 valence electrons. The first-order valence-corrected chi connectivity index (χ1v) is 10.8. The summed E-state index contributed by atoms with van der Waals surface area (Å²) in [5.74, 6) is 3.07. The van der Waals surface area contributed by atoms with Crippen molar-refractivity contribution in [2.45, 2.75) is 31.5 Å². The van der Waals surface area contributed by atoms with E-state index in [-0.39, 0.29) is 0 Å². The van der Waals surface area contributed by atoms with E-state index in [4.69, 9.17) is 24.9 Å². The predicted molar refractivity (Wildman–Crippen MR) is 112 cm³/mol. The number of fused-ring (bicyclic) bond motifs is 1. The van der Waals surface area contributed by atoms with Crippen molar-refractivity contribution in [1.82, 2.24) is 9.88 Å². The number of ether oxygens (including phenoxy) is 3. The van der Waals surface area contributed by atoms with Crippen LogP contribution in [0.2, 0.25) is 0 Å². The highest BCUT2D eigenvalue weighted by Gasteiger charge is 2.22. The molecule has 0 saturated carbocycles. The minimum absolute atomic E-state index is 0.664. The summed E-state index contributed by atoms with van der Waals surface area (Å²) < 4.78 is 18.5. The van der Waals surface area contributed by atoms with Gasteiger partial charge in [0, 0.05) is 37.5 Å². The van der Waals surface area contributed by atoms with Gasteiger partial charge in [0.15, 0.2) is 17.0 Å². The largest absolute Gasteiger partial charge is 0.493 e. The highest BCUT2D eigenvalue weighted by Crippen LogP contribution is 2.33. The molecular formula is C20H31N4O3S+. The molecule has 0 atom stereocenters. The van der Waals surface area contributed by atoms with Crippen molar-refractivity contribution in [2.24, 2.45) is 0 Å². The average molecular weight is 408 g/mol. The third-order valence-electron chi connectivity index (χ3n) is 4.91. The first-order chi connectivity index (χ1) is 13.7. The van der Waals surface area contributed by atoms with Gasteiger partial charge in [0.25, 0.3) is 5.16 Å². The van der Waals surface area contributed by atoms with Gasteiger partial charge in [0.1, 0.15) is 0 Å². The minimum atomic E-state index is 0.664. The number of nitrogen functional groups attached to an aromatic ring is 1. The maximum absolute atomic E-state index is 6.61. The van der Waals surface area contributed by atoms with Crippen molar-refractivity contribution in [2.75, 3.05) is 58.6 Å². The maximum atomic E-state index is 6.61. The molecule has 3 rings (SSSR count). The molecule has 2 aromatic rings. The fourth-order valence-electron chi connectivity index (χ4n) is 3.37. The molecule has 7 nitrogen and oxygen atoms in total. The molecule has 1 fully saturated rings. The van der Waals surface area contributed by atoms with Crippen molar-refractivity contribution in [1.29, 1.82) is 0 Å². The molecule has 0 aliphatic carbocycles. The van der Waals surface area contributed by atoms with Crippen molar-refractivity contribution < 1.29 is 18.8 Å². The number of morpholine rings is 1. The van der Waals surface area contributed by atoms with Crippen LogP contribution in [0.15, 0.2) is 17.3 Å². The number of rotatable bonds is 9. The number of methoxy groups -OCH3 is 2. The Labute approximate surface area is 171 Å². The summed E-state index contributed by atoms with van der Waals surface area (Å²) in [6.45, 7) is 7.71. The Hall–Kier alpha value is -1.77. The minimum Gasteiger partial charge on any atom is -0.493 e. The zero-order valence-corrected chi connectivity index (χ0v) is 17.9. The molecule has 0 unspecified atom stereocenters. The van der Waals surface area contributed by atoms with Gasteiger partial charge in [-0.2, -0.15) is 0 Å². The van der Waals surface area contributed by atoms with Crippen molar-refractivity contribution in [3.63, 3.8) is 0 Å². The van der Waals surface area contributed by atoms with E-state index in [1.54, 1.807) is 26.0 Å². The van der Waals surface area contributed by atoms with E-state index in [1.807, 2.05) is 12.1 Å². The van der Waals surface area contributed by atoms with Crippen molar-refractivity contribution in [3.8, 4) is 11.5 Å². The SMILES string of the molecule is CCCSc1nc2cc(OC)c(OC)cc2c(N)[n+]1CCCN1CCOCC1. The average Bonchev–Trinajstić information content (AvgIpc) is 2.73. The van der Waals surface area contributed by atoms with Gasteiger partial charge < -0.3 is 19.9 Å². The fraction of sp³-hybridized carbons (Fsp3) is 0.600. The van der Waals surface area contributed by atoms with Gasteiger partial charge in [0.2, 0.25) is 5.82 Å². The van der Waals surface area contributed by atoms with Crippen molar-refractivity contribution in [3.05, 3.63) is 12.1 Å². The first-order valence-electron chi connectivity index (χ1n) is 9.85. The first kappa shape index (κ1) is 21.0. The van der Waals surface area contributed by atoms with Gasteiger partial charge in [-0.15, -0.1) is 0 Å². The Morgan fingerprint density at radius 1 is 1.21 bits per heavy atom. The molecule has 0 amide bonds. The third kappa shape index (κ3) is 4.79. The molecule has 1 aliphatic rings. The lowest BCUT2D eigenvalue weighted by atomic mass is 10.2. The summed E-state index contributed by atoms with van der Waals surface area (Å²) in [6.07, 6.45) is 2.11. The molecule has 1 aliphatic heterocycles. The molecule has 1 aromatic heterocycles. The van der Waals surface area contributed by atoms with E-state index in [9.17, 15) is 0 Å². The van der Waals surface area contributed by atoms with Gasteiger partial charge in [0.05, 0.1) is 39.4 Å². The monoisotopic (exact) mass is 407 g/mol. The van der Waals surface area contributed by atoms with Crippen LogP contribution in [0.5, 0.6) is 11.5 Å². The Balaban J connectivity index is 1.89. The highest BCUT2D eigenvalue weighted by molar-refractivity contribution is 7.99. The summed E-state index contributed by atoms with van der Waals surface area (Å²) in [7, 11) is 3.27. The van der Waals surface area contributed by atoms with Crippen molar-refractivity contribution >= 4 is 28.5 Å². The molecule has 28 heavy (non-hydrogen) atoms. The number of hydrogen-bond acceptors (Lipinski definition) is 7. The molecule has 0 radical (unpaired) electrons. The molecule has 8 heteroatoms. The van der Waals surface area contributed by atoms with Crippen LogP contribution in [0.3, 0.4) is 0 Å². The van der Waals surface area contributed by atoms with Crippen LogP contribution in [0.4, 0.5) is 5.82 Å².